The first-order valence-electron chi connectivity index (χ1n) is 7.04. The molecular weight excluding hydrogens is 302 g/mol. The highest BCUT2D eigenvalue weighted by Crippen LogP contribution is 2.39. The zero-order valence-corrected chi connectivity index (χ0v) is 13.5. The summed E-state index contributed by atoms with van der Waals surface area (Å²) in [5.74, 6) is 2.34. The Morgan fingerprint density at radius 3 is 2.95 bits per heavy atom. The first-order valence-corrected chi connectivity index (χ1v) is 8.41. The molecule has 110 valence electrons. The summed E-state index contributed by atoms with van der Waals surface area (Å²) in [5, 5.41) is 0.691. The fraction of sp³-hybridized carbons (Fsp3) is 0.294. The molecule has 1 heterocycles. The summed E-state index contributed by atoms with van der Waals surface area (Å²) in [6, 6.07) is 14.1. The van der Waals surface area contributed by atoms with Crippen molar-refractivity contribution in [2.45, 2.75) is 23.8 Å². The van der Waals surface area contributed by atoms with Crippen molar-refractivity contribution >= 4 is 23.4 Å². The van der Waals surface area contributed by atoms with E-state index in [9.17, 15) is 0 Å². The van der Waals surface area contributed by atoms with E-state index in [-0.39, 0.29) is 6.04 Å². The van der Waals surface area contributed by atoms with Crippen LogP contribution in [-0.2, 0) is 0 Å². The van der Waals surface area contributed by atoms with Gasteiger partial charge >= 0.3 is 0 Å². The van der Waals surface area contributed by atoms with E-state index in [1.807, 2.05) is 36.9 Å². The molecule has 2 N–H and O–H groups in total. The molecule has 0 aromatic heterocycles. The van der Waals surface area contributed by atoms with Crippen molar-refractivity contribution in [1.29, 1.82) is 0 Å². The lowest BCUT2D eigenvalue weighted by molar-refractivity contribution is 0.294. The summed E-state index contributed by atoms with van der Waals surface area (Å²) in [6.07, 6.45) is 0. The van der Waals surface area contributed by atoms with Gasteiger partial charge in [0.2, 0.25) is 0 Å². The topological polar surface area (TPSA) is 35.2 Å². The molecule has 0 bridgehead atoms. The average Bonchev–Trinajstić information content (AvgIpc) is 2.89. The number of benzene rings is 2. The van der Waals surface area contributed by atoms with Gasteiger partial charge in [-0.05, 0) is 36.8 Å². The van der Waals surface area contributed by atoms with Crippen molar-refractivity contribution in [3.05, 3.63) is 58.6 Å². The Bertz CT molecular complexity index is 644. The summed E-state index contributed by atoms with van der Waals surface area (Å²) in [7, 11) is 0. The Labute approximate surface area is 134 Å². The van der Waals surface area contributed by atoms with E-state index in [0.717, 1.165) is 17.1 Å². The monoisotopic (exact) mass is 319 g/mol. The summed E-state index contributed by atoms with van der Waals surface area (Å²) in [5.41, 5.74) is 8.35. The molecule has 4 heteroatoms. The average molecular weight is 320 g/mol. The lowest BCUT2D eigenvalue weighted by Gasteiger charge is -2.17. The molecule has 0 saturated heterocycles. The third-order valence-corrected chi connectivity index (χ3v) is 5.19. The van der Waals surface area contributed by atoms with E-state index < -0.39 is 0 Å². The van der Waals surface area contributed by atoms with E-state index in [4.69, 9.17) is 22.1 Å². The Balaban J connectivity index is 1.75. The Morgan fingerprint density at radius 2 is 2.14 bits per heavy atom. The normalized spacial score (nSPS) is 18.3. The van der Waals surface area contributed by atoms with Crippen LogP contribution in [0.4, 0.5) is 0 Å². The van der Waals surface area contributed by atoms with Crippen LogP contribution < -0.4 is 10.5 Å². The van der Waals surface area contributed by atoms with E-state index in [1.165, 1.54) is 10.5 Å². The van der Waals surface area contributed by atoms with Crippen molar-refractivity contribution in [3.63, 3.8) is 0 Å². The number of halogens is 1. The second kappa shape index (κ2) is 6.30. The van der Waals surface area contributed by atoms with Crippen molar-refractivity contribution in [2.75, 3.05) is 12.4 Å². The molecule has 0 radical (unpaired) electrons. The molecule has 1 unspecified atom stereocenters. The number of nitrogens with two attached hydrogens (primary N) is 1. The van der Waals surface area contributed by atoms with Crippen LogP contribution in [0.3, 0.4) is 0 Å². The zero-order chi connectivity index (χ0) is 14.8. The molecule has 1 aliphatic heterocycles. The van der Waals surface area contributed by atoms with Crippen LogP contribution in [0, 0.1) is 0 Å². The van der Waals surface area contributed by atoms with Crippen LogP contribution in [0.15, 0.2) is 47.4 Å². The van der Waals surface area contributed by atoms with Crippen molar-refractivity contribution in [2.24, 2.45) is 5.73 Å². The quantitative estimate of drug-likeness (QED) is 0.892. The van der Waals surface area contributed by atoms with Gasteiger partial charge in [-0.3, -0.25) is 0 Å². The van der Waals surface area contributed by atoms with Gasteiger partial charge in [-0.2, -0.15) is 0 Å². The van der Waals surface area contributed by atoms with Gasteiger partial charge < -0.3 is 10.5 Å². The molecule has 0 saturated carbocycles. The fourth-order valence-corrected chi connectivity index (χ4v) is 3.98. The molecule has 3 rings (SSSR count). The summed E-state index contributed by atoms with van der Waals surface area (Å²) in [4.78, 5) is 1.37. The van der Waals surface area contributed by atoms with E-state index >= 15 is 0 Å². The molecule has 0 aliphatic carbocycles. The lowest BCUT2D eigenvalue weighted by atomic mass is 10.0. The third kappa shape index (κ3) is 3.20. The predicted molar refractivity (Wildman–Crippen MR) is 89.5 cm³/mol. The van der Waals surface area contributed by atoms with Crippen LogP contribution in [0.1, 0.15) is 30.0 Å². The molecule has 1 aliphatic rings. The maximum atomic E-state index is 6.04. The molecule has 21 heavy (non-hydrogen) atoms. The number of fused-ring (bicyclic) bond motifs is 1. The molecule has 0 spiro atoms. The molecular formula is C17H18ClNOS. The Morgan fingerprint density at radius 1 is 1.33 bits per heavy atom. The minimum Gasteiger partial charge on any atom is -0.493 e. The van der Waals surface area contributed by atoms with Crippen LogP contribution in [-0.4, -0.2) is 12.4 Å². The maximum absolute atomic E-state index is 6.04. The molecule has 2 aromatic carbocycles. The molecule has 0 amide bonds. The number of hydrogen-bond acceptors (Lipinski definition) is 3. The summed E-state index contributed by atoms with van der Waals surface area (Å²) < 4.78 is 6.04. The summed E-state index contributed by atoms with van der Waals surface area (Å²) in [6.45, 7) is 2.62. The van der Waals surface area contributed by atoms with Crippen LogP contribution in [0.25, 0.3) is 0 Å². The number of rotatable bonds is 4. The molecule has 2 atom stereocenters. The largest absolute Gasteiger partial charge is 0.493 e. The van der Waals surface area contributed by atoms with Gasteiger partial charge in [0.25, 0.3) is 0 Å². The second-order valence-electron chi connectivity index (χ2n) is 5.33. The van der Waals surface area contributed by atoms with Crippen LogP contribution in [0.5, 0.6) is 5.75 Å². The van der Waals surface area contributed by atoms with Gasteiger partial charge in [-0.1, -0.05) is 29.8 Å². The Kier molecular flexibility index (Phi) is 4.43. The van der Waals surface area contributed by atoms with Gasteiger partial charge in [0.1, 0.15) is 5.75 Å². The van der Waals surface area contributed by atoms with Gasteiger partial charge in [0, 0.05) is 33.2 Å². The van der Waals surface area contributed by atoms with E-state index in [0.29, 0.717) is 17.5 Å². The standard InChI is InChI=1S/C17H18ClNOS/c1-11(19)15-8-13(18)6-7-16(15)20-9-12-10-21-17-5-3-2-4-14(12)17/h2-8,11-12H,9-10,19H2,1H3/t11-,12?/m1/s1. The van der Waals surface area contributed by atoms with Gasteiger partial charge in [-0.25, -0.2) is 0 Å². The van der Waals surface area contributed by atoms with Crippen LogP contribution >= 0.6 is 23.4 Å². The predicted octanol–water partition coefficient (Wildman–Crippen LogP) is 4.63. The lowest BCUT2D eigenvalue weighted by Crippen LogP contribution is -2.13. The maximum Gasteiger partial charge on any atom is 0.124 e. The van der Waals surface area contributed by atoms with Crippen molar-refractivity contribution in [3.8, 4) is 5.75 Å². The smallest absolute Gasteiger partial charge is 0.124 e. The first-order chi connectivity index (χ1) is 10.1. The van der Waals surface area contributed by atoms with Gasteiger partial charge in [-0.15, -0.1) is 11.8 Å². The minimum absolute atomic E-state index is 0.0936. The number of thioether (sulfide) groups is 1. The number of ether oxygens (including phenoxy) is 1. The molecule has 0 fully saturated rings. The highest BCUT2D eigenvalue weighted by Gasteiger charge is 2.23. The molecule has 2 nitrogen and oxygen atoms in total. The van der Waals surface area contributed by atoms with Gasteiger partial charge in [0.15, 0.2) is 0 Å². The van der Waals surface area contributed by atoms with Crippen LogP contribution in [0.2, 0.25) is 5.02 Å². The SMILES string of the molecule is C[C@@H](N)c1cc(Cl)ccc1OCC1CSc2ccccc21. The second-order valence-corrected chi connectivity index (χ2v) is 6.83. The fourth-order valence-electron chi connectivity index (χ4n) is 2.56. The zero-order valence-electron chi connectivity index (χ0n) is 11.9. The van der Waals surface area contributed by atoms with Crippen molar-refractivity contribution < 1.29 is 4.74 Å². The third-order valence-electron chi connectivity index (χ3n) is 3.70. The highest BCUT2D eigenvalue weighted by molar-refractivity contribution is 7.99. The van der Waals surface area contributed by atoms with Crippen molar-refractivity contribution in [1.82, 2.24) is 0 Å². The van der Waals surface area contributed by atoms with E-state index in [1.54, 1.807) is 0 Å². The van der Waals surface area contributed by atoms with Gasteiger partial charge in [0.05, 0.1) is 6.61 Å². The minimum atomic E-state index is -0.0936. The Hall–Kier alpha value is -1.16. The highest BCUT2D eigenvalue weighted by atomic mass is 35.5. The first kappa shape index (κ1) is 14.8. The molecule has 2 aromatic rings. The summed E-state index contributed by atoms with van der Waals surface area (Å²) >= 11 is 7.94. The number of hydrogen-bond donors (Lipinski definition) is 1. The van der Waals surface area contributed by atoms with E-state index in [2.05, 4.69) is 24.3 Å².